The van der Waals surface area contributed by atoms with Gasteiger partial charge in [0, 0.05) is 19.5 Å². The van der Waals surface area contributed by atoms with Crippen LogP contribution < -0.4 is 5.73 Å². The van der Waals surface area contributed by atoms with Crippen LogP contribution in [0.15, 0.2) is 4.47 Å². The van der Waals surface area contributed by atoms with Gasteiger partial charge in [0.05, 0.1) is 15.9 Å². The quantitative estimate of drug-likeness (QED) is 0.864. The molecule has 3 nitrogen and oxygen atoms in total. The minimum atomic E-state index is 0.259. The van der Waals surface area contributed by atoms with E-state index in [-0.39, 0.29) is 6.04 Å². The molecule has 0 aliphatic heterocycles. The van der Waals surface area contributed by atoms with E-state index in [1.807, 2.05) is 11.7 Å². The second-order valence-electron chi connectivity index (χ2n) is 6.97. The fraction of sp³-hybridized carbons (Fsp3) is 0.824. The van der Waals surface area contributed by atoms with Crippen molar-refractivity contribution in [3.05, 3.63) is 15.9 Å². The molecule has 1 aromatic rings. The van der Waals surface area contributed by atoms with Crippen molar-refractivity contribution in [3.8, 4) is 0 Å². The van der Waals surface area contributed by atoms with Crippen molar-refractivity contribution in [2.24, 2.45) is 30.5 Å². The minimum absolute atomic E-state index is 0.259. The monoisotopic (exact) mass is 355 g/mol. The number of nitrogens with two attached hydrogens (primary N) is 1. The van der Waals surface area contributed by atoms with Crippen molar-refractivity contribution in [3.63, 3.8) is 0 Å². The molecule has 1 fully saturated rings. The van der Waals surface area contributed by atoms with Gasteiger partial charge in [0.15, 0.2) is 0 Å². The summed E-state index contributed by atoms with van der Waals surface area (Å²) in [7, 11) is 2.03. The maximum atomic E-state index is 6.53. The summed E-state index contributed by atoms with van der Waals surface area (Å²) in [5.41, 5.74) is 8.93. The summed E-state index contributed by atoms with van der Waals surface area (Å²) in [5, 5.41) is 4.58. The fourth-order valence-electron chi connectivity index (χ4n) is 3.67. The summed E-state index contributed by atoms with van der Waals surface area (Å²) < 4.78 is 3.17. The van der Waals surface area contributed by atoms with E-state index in [4.69, 9.17) is 5.73 Å². The highest BCUT2D eigenvalue weighted by Gasteiger charge is 2.28. The SMILES string of the molecule is CCc1nn(C)c(CC(N)C2CCC(C(C)C)CC2)c1Br. The van der Waals surface area contributed by atoms with Crippen LogP contribution in [0.1, 0.15) is 57.8 Å². The Morgan fingerprint density at radius 2 is 1.81 bits per heavy atom. The van der Waals surface area contributed by atoms with Gasteiger partial charge >= 0.3 is 0 Å². The molecular formula is C17H30BrN3. The Kier molecular flexibility index (Phi) is 5.89. The Morgan fingerprint density at radius 3 is 2.29 bits per heavy atom. The number of hydrogen-bond donors (Lipinski definition) is 1. The van der Waals surface area contributed by atoms with Gasteiger partial charge in [0.2, 0.25) is 0 Å². The number of aromatic nitrogens is 2. The van der Waals surface area contributed by atoms with E-state index < -0.39 is 0 Å². The molecule has 0 saturated heterocycles. The second kappa shape index (κ2) is 7.28. The largest absolute Gasteiger partial charge is 0.327 e. The van der Waals surface area contributed by atoms with Gasteiger partial charge < -0.3 is 5.73 Å². The van der Waals surface area contributed by atoms with Crippen LogP contribution in [-0.4, -0.2) is 15.8 Å². The molecule has 2 N–H and O–H groups in total. The van der Waals surface area contributed by atoms with Crippen LogP contribution in [0.25, 0.3) is 0 Å². The molecule has 1 unspecified atom stereocenters. The highest BCUT2D eigenvalue weighted by Crippen LogP contribution is 2.35. The Hall–Kier alpha value is -0.350. The van der Waals surface area contributed by atoms with Crippen molar-refractivity contribution in [1.29, 1.82) is 0 Å². The summed E-state index contributed by atoms with van der Waals surface area (Å²) in [6.07, 6.45) is 7.18. The number of hydrogen-bond acceptors (Lipinski definition) is 2. The van der Waals surface area contributed by atoms with Crippen LogP contribution >= 0.6 is 15.9 Å². The number of halogens is 1. The molecule has 0 amide bonds. The van der Waals surface area contributed by atoms with E-state index in [1.54, 1.807) is 0 Å². The van der Waals surface area contributed by atoms with Crippen molar-refractivity contribution >= 4 is 15.9 Å². The summed E-state index contributed by atoms with van der Waals surface area (Å²) in [4.78, 5) is 0. The Labute approximate surface area is 137 Å². The van der Waals surface area contributed by atoms with Crippen LogP contribution in [0.3, 0.4) is 0 Å². The summed E-state index contributed by atoms with van der Waals surface area (Å²) in [6, 6.07) is 0.259. The maximum Gasteiger partial charge on any atom is 0.0766 e. The highest BCUT2D eigenvalue weighted by atomic mass is 79.9. The predicted molar refractivity (Wildman–Crippen MR) is 92.3 cm³/mol. The molecule has 1 heterocycles. The molecule has 0 radical (unpaired) electrons. The van der Waals surface area contributed by atoms with Crippen molar-refractivity contribution in [1.82, 2.24) is 9.78 Å². The average molecular weight is 356 g/mol. The first-order chi connectivity index (χ1) is 9.93. The molecule has 2 rings (SSSR count). The molecule has 1 atom stereocenters. The van der Waals surface area contributed by atoms with Gasteiger partial charge in [-0.05, 0) is 65.8 Å². The predicted octanol–water partition coefficient (Wildman–Crippen LogP) is 4.08. The van der Waals surface area contributed by atoms with E-state index in [9.17, 15) is 0 Å². The molecule has 21 heavy (non-hydrogen) atoms. The summed E-state index contributed by atoms with van der Waals surface area (Å²) in [5.74, 6) is 2.40. The Morgan fingerprint density at radius 1 is 1.24 bits per heavy atom. The molecule has 1 aliphatic carbocycles. The molecule has 1 aliphatic rings. The van der Waals surface area contributed by atoms with Gasteiger partial charge in [0.25, 0.3) is 0 Å². The summed E-state index contributed by atoms with van der Waals surface area (Å²) >= 11 is 3.70. The lowest BCUT2D eigenvalue weighted by Crippen LogP contribution is -2.36. The van der Waals surface area contributed by atoms with Gasteiger partial charge in [-0.25, -0.2) is 0 Å². The number of nitrogens with zero attached hydrogens (tertiary/aromatic N) is 2. The van der Waals surface area contributed by atoms with E-state index in [0.29, 0.717) is 5.92 Å². The fourth-order valence-corrected chi connectivity index (χ4v) is 4.45. The highest BCUT2D eigenvalue weighted by molar-refractivity contribution is 9.10. The Bertz CT molecular complexity index is 459. The molecule has 1 aromatic heterocycles. The molecule has 0 spiro atoms. The molecular weight excluding hydrogens is 326 g/mol. The second-order valence-corrected chi connectivity index (χ2v) is 7.76. The Balaban J connectivity index is 1.96. The van der Waals surface area contributed by atoms with Crippen molar-refractivity contribution in [2.45, 2.75) is 65.3 Å². The van der Waals surface area contributed by atoms with Crippen LogP contribution in [0.4, 0.5) is 0 Å². The zero-order valence-corrected chi connectivity index (χ0v) is 15.5. The first-order valence-electron chi connectivity index (χ1n) is 8.39. The van der Waals surface area contributed by atoms with Gasteiger partial charge in [0.1, 0.15) is 0 Å². The van der Waals surface area contributed by atoms with Crippen LogP contribution in [0, 0.1) is 17.8 Å². The van der Waals surface area contributed by atoms with E-state index in [2.05, 4.69) is 41.8 Å². The van der Waals surface area contributed by atoms with Gasteiger partial charge in [-0.3, -0.25) is 4.68 Å². The van der Waals surface area contributed by atoms with E-state index in [0.717, 1.165) is 30.4 Å². The molecule has 0 bridgehead atoms. The third kappa shape index (κ3) is 3.89. The lowest BCUT2D eigenvalue weighted by molar-refractivity contribution is 0.202. The van der Waals surface area contributed by atoms with Crippen molar-refractivity contribution in [2.75, 3.05) is 0 Å². The minimum Gasteiger partial charge on any atom is -0.327 e. The molecule has 0 aromatic carbocycles. The number of rotatable bonds is 5. The normalized spacial score (nSPS) is 24.5. The zero-order chi connectivity index (χ0) is 15.6. The third-order valence-electron chi connectivity index (χ3n) is 5.30. The average Bonchev–Trinajstić information content (AvgIpc) is 2.74. The van der Waals surface area contributed by atoms with E-state index in [1.165, 1.54) is 35.8 Å². The number of aryl methyl sites for hydroxylation is 2. The van der Waals surface area contributed by atoms with E-state index >= 15 is 0 Å². The maximum absolute atomic E-state index is 6.53. The molecule has 1 saturated carbocycles. The lowest BCUT2D eigenvalue weighted by atomic mass is 9.74. The van der Waals surface area contributed by atoms with Crippen molar-refractivity contribution < 1.29 is 0 Å². The standard InChI is InChI=1S/C17H30BrN3/c1-5-15-17(18)16(21(4)20-15)10-14(19)13-8-6-12(7-9-13)11(2)3/h11-14H,5-10,19H2,1-4H3. The first kappa shape index (κ1) is 17.0. The first-order valence-corrected chi connectivity index (χ1v) is 9.19. The molecule has 4 heteroatoms. The van der Waals surface area contributed by atoms with Gasteiger partial charge in [-0.2, -0.15) is 5.10 Å². The van der Waals surface area contributed by atoms with Crippen LogP contribution in [-0.2, 0) is 19.9 Å². The molecule has 120 valence electrons. The third-order valence-corrected chi connectivity index (χ3v) is 6.21. The summed E-state index contributed by atoms with van der Waals surface area (Å²) in [6.45, 7) is 6.85. The van der Waals surface area contributed by atoms with Crippen LogP contribution in [0.2, 0.25) is 0 Å². The van der Waals surface area contributed by atoms with Crippen LogP contribution in [0.5, 0.6) is 0 Å². The van der Waals surface area contributed by atoms with Gasteiger partial charge in [-0.15, -0.1) is 0 Å². The smallest absolute Gasteiger partial charge is 0.0766 e. The lowest BCUT2D eigenvalue weighted by Gasteiger charge is -2.34. The topological polar surface area (TPSA) is 43.8 Å². The van der Waals surface area contributed by atoms with Gasteiger partial charge in [-0.1, -0.05) is 20.8 Å². The zero-order valence-electron chi connectivity index (χ0n) is 13.9.